The third kappa shape index (κ3) is 7.30. The van der Waals surface area contributed by atoms with Crippen molar-refractivity contribution in [2.45, 2.75) is 56.8 Å². The van der Waals surface area contributed by atoms with E-state index in [2.05, 4.69) is 29.0 Å². The van der Waals surface area contributed by atoms with Crippen molar-refractivity contribution >= 4 is 46.3 Å². The number of ether oxygens (including phenoxy) is 4. The SMILES string of the molecule is C[Si](C)(C)CCOCn1c(O[C@@H]2CO[C@H]3[C@@H]2OC[C@H]3O)nc2cc(Cl)c(-c3ccc(-c4ccc(N=S(C)(C)=O)cc4)cc3F)nc21. The lowest BCUT2D eigenvalue weighted by atomic mass is 10.0. The Balaban J connectivity index is 1.32. The van der Waals surface area contributed by atoms with Gasteiger partial charge in [0.2, 0.25) is 0 Å². The van der Waals surface area contributed by atoms with Gasteiger partial charge in [-0.05, 0) is 47.5 Å². The number of fused-ring (bicyclic) bond motifs is 2. The number of benzene rings is 2. The third-order valence-corrected chi connectivity index (χ3v) is 10.5. The first-order chi connectivity index (χ1) is 21.8. The van der Waals surface area contributed by atoms with E-state index in [0.29, 0.717) is 29.0 Å². The standard InChI is InChI=1S/C32H38ClFN4O6SSi/c1-45(2,40)37-21-9-6-19(7-10-21)20-8-11-22(24(34)14-20)28-23(33)15-25-31(36-28)38(18-41-12-13-46(3,4)5)32(35-25)44-27-17-43-29-26(39)16-42-30(27)29/h6-11,14-15,26-27,29-30,39H,12-13,16-18H2,1-5H3/t26-,27-,29-,30-/m1/s1. The summed E-state index contributed by atoms with van der Waals surface area (Å²) in [6.45, 7) is 7.92. The molecule has 4 aromatic rings. The normalized spacial score (nSPS) is 21.6. The van der Waals surface area contributed by atoms with Crippen LogP contribution in [0.25, 0.3) is 33.5 Å². The number of aromatic nitrogens is 3. The molecule has 2 aliphatic heterocycles. The van der Waals surface area contributed by atoms with Gasteiger partial charge in [-0.25, -0.2) is 13.6 Å². The molecule has 2 fully saturated rings. The Labute approximate surface area is 274 Å². The summed E-state index contributed by atoms with van der Waals surface area (Å²) in [4.78, 5) is 9.46. The van der Waals surface area contributed by atoms with E-state index in [1.54, 1.807) is 47.4 Å². The van der Waals surface area contributed by atoms with Crippen LogP contribution in [0.1, 0.15) is 0 Å². The molecule has 0 spiro atoms. The van der Waals surface area contributed by atoms with E-state index < -0.39 is 48.0 Å². The average molecular weight is 689 g/mol. The van der Waals surface area contributed by atoms with E-state index in [0.717, 1.165) is 11.6 Å². The minimum atomic E-state index is -2.29. The number of rotatable bonds is 10. The van der Waals surface area contributed by atoms with Crippen LogP contribution in [0.5, 0.6) is 6.01 Å². The van der Waals surface area contributed by atoms with Crippen LogP contribution in [-0.4, -0.2) is 88.7 Å². The number of hydrogen-bond acceptors (Lipinski definition) is 9. The lowest BCUT2D eigenvalue weighted by molar-refractivity contribution is 0.00336. The number of aliphatic hydroxyl groups excluding tert-OH is 1. The predicted molar refractivity (Wildman–Crippen MR) is 179 cm³/mol. The fourth-order valence-electron chi connectivity index (χ4n) is 5.47. The first-order valence-corrected chi connectivity index (χ1v) is 21.5. The van der Waals surface area contributed by atoms with Gasteiger partial charge in [-0.1, -0.05) is 49.4 Å². The summed E-state index contributed by atoms with van der Waals surface area (Å²) in [7, 11) is -3.62. The van der Waals surface area contributed by atoms with Gasteiger partial charge in [-0.3, -0.25) is 4.57 Å². The predicted octanol–water partition coefficient (Wildman–Crippen LogP) is 6.14. The molecule has 10 nitrogen and oxygen atoms in total. The summed E-state index contributed by atoms with van der Waals surface area (Å²) in [5.41, 5.74) is 3.42. The Bertz CT molecular complexity index is 1870. The molecule has 4 heterocycles. The van der Waals surface area contributed by atoms with Crippen LogP contribution in [0.2, 0.25) is 30.7 Å². The lowest BCUT2D eigenvalue weighted by Crippen LogP contribution is -2.35. The Morgan fingerprint density at radius 3 is 2.48 bits per heavy atom. The molecule has 0 aliphatic carbocycles. The Morgan fingerprint density at radius 2 is 1.78 bits per heavy atom. The van der Waals surface area contributed by atoms with Crippen LogP contribution >= 0.6 is 11.6 Å². The molecule has 0 radical (unpaired) electrons. The van der Waals surface area contributed by atoms with E-state index in [1.165, 1.54) is 6.07 Å². The second-order valence-electron chi connectivity index (χ2n) is 13.2. The molecule has 2 saturated heterocycles. The molecule has 4 atom stereocenters. The summed E-state index contributed by atoms with van der Waals surface area (Å²) in [6.07, 6.45) is 1.06. The van der Waals surface area contributed by atoms with Crippen LogP contribution in [0, 0.1) is 5.82 Å². The second-order valence-corrected chi connectivity index (χ2v) is 21.7. The number of nitrogens with zero attached hydrogens (tertiary/aromatic N) is 4. The maximum absolute atomic E-state index is 15.7. The monoisotopic (exact) mass is 688 g/mol. The largest absolute Gasteiger partial charge is 0.456 e. The van der Waals surface area contributed by atoms with E-state index in [-0.39, 0.29) is 42.2 Å². The molecule has 1 N–H and O–H groups in total. The molecule has 2 aromatic heterocycles. The first-order valence-electron chi connectivity index (χ1n) is 15.1. The summed E-state index contributed by atoms with van der Waals surface area (Å²) in [5, 5.41) is 10.4. The fourth-order valence-corrected chi connectivity index (χ4v) is 7.10. The minimum Gasteiger partial charge on any atom is -0.456 e. The maximum atomic E-state index is 15.7. The van der Waals surface area contributed by atoms with Crippen molar-refractivity contribution in [3.63, 3.8) is 0 Å². The van der Waals surface area contributed by atoms with Crippen molar-refractivity contribution in [2.24, 2.45) is 4.36 Å². The van der Waals surface area contributed by atoms with Gasteiger partial charge in [0.05, 0.1) is 29.6 Å². The molecule has 0 saturated carbocycles. The number of hydrogen-bond donors (Lipinski definition) is 1. The van der Waals surface area contributed by atoms with Crippen molar-refractivity contribution in [3.8, 4) is 28.4 Å². The number of imidazole rings is 1. The number of halogens is 2. The van der Waals surface area contributed by atoms with Crippen LogP contribution in [-0.2, 0) is 30.7 Å². The Morgan fingerprint density at radius 1 is 1.07 bits per heavy atom. The third-order valence-electron chi connectivity index (χ3n) is 7.84. The van der Waals surface area contributed by atoms with E-state index in [9.17, 15) is 9.32 Å². The van der Waals surface area contributed by atoms with Gasteiger partial charge >= 0.3 is 6.01 Å². The molecule has 0 unspecified atom stereocenters. The van der Waals surface area contributed by atoms with E-state index in [4.69, 9.17) is 35.5 Å². The Hall–Kier alpha value is -2.91. The van der Waals surface area contributed by atoms with Gasteiger partial charge in [-0.15, -0.1) is 0 Å². The summed E-state index contributed by atoms with van der Waals surface area (Å²) in [6, 6.07) is 14.9. The van der Waals surface area contributed by atoms with Gasteiger partial charge in [0, 0.05) is 42.5 Å². The van der Waals surface area contributed by atoms with Crippen molar-refractivity contribution in [3.05, 3.63) is 59.4 Å². The maximum Gasteiger partial charge on any atom is 0.301 e. The van der Waals surface area contributed by atoms with Gasteiger partial charge in [-0.2, -0.15) is 9.35 Å². The average Bonchev–Trinajstić information content (AvgIpc) is 3.64. The second kappa shape index (κ2) is 12.9. The quantitative estimate of drug-likeness (QED) is 0.156. The molecule has 6 rings (SSSR count). The minimum absolute atomic E-state index is 0.115. The first kappa shape index (κ1) is 33.0. The summed E-state index contributed by atoms with van der Waals surface area (Å²) in [5.74, 6) is -0.495. The van der Waals surface area contributed by atoms with Crippen molar-refractivity contribution < 1.29 is 32.7 Å². The molecule has 2 aromatic carbocycles. The molecule has 46 heavy (non-hydrogen) atoms. The molecule has 2 aliphatic rings. The van der Waals surface area contributed by atoms with Gasteiger partial charge in [0.1, 0.15) is 36.4 Å². The number of pyridine rings is 1. The van der Waals surface area contributed by atoms with Crippen molar-refractivity contribution in [1.29, 1.82) is 0 Å². The molecule has 0 amide bonds. The van der Waals surface area contributed by atoms with Crippen LogP contribution in [0.3, 0.4) is 0 Å². The zero-order valence-corrected chi connectivity index (χ0v) is 29.0. The smallest absolute Gasteiger partial charge is 0.301 e. The van der Waals surface area contributed by atoms with Crippen LogP contribution in [0.4, 0.5) is 10.1 Å². The topological polar surface area (TPSA) is 117 Å². The van der Waals surface area contributed by atoms with E-state index in [1.807, 2.05) is 12.1 Å². The van der Waals surface area contributed by atoms with Crippen LogP contribution in [0.15, 0.2) is 52.9 Å². The van der Waals surface area contributed by atoms with Gasteiger partial charge in [0.25, 0.3) is 0 Å². The molecule has 14 heteroatoms. The highest BCUT2D eigenvalue weighted by Gasteiger charge is 2.49. The van der Waals surface area contributed by atoms with Gasteiger partial charge in [0.15, 0.2) is 11.8 Å². The highest BCUT2D eigenvalue weighted by atomic mass is 35.5. The van der Waals surface area contributed by atoms with Crippen molar-refractivity contribution in [2.75, 3.05) is 32.3 Å². The zero-order chi connectivity index (χ0) is 32.8. The summed E-state index contributed by atoms with van der Waals surface area (Å²) >= 11 is 6.69. The zero-order valence-electron chi connectivity index (χ0n) is 26.4. The van der Waals surface area contributed by atoms with E-state index >= 15 is 4.39 Å². The van der Waals surface area contributed by atoms with Crippen LogP contribution < -0.4 is 4.74 Å². The Kier molecular flexibility index (Phi) is 9.29. The summed E-state index contributed by atoms with van der Waals surface area (Å²) < 4.78 is 57.5. The highest BCUT2D eigenvalue weighted by Crippen LogP contribution is 2.36. The molecule has 0 bridgehead atoms. The molecular weight excluding hydrogens is 651 g/mol. The molecule has 246 valence electrons. The number of aliphatic hydroxyl groups is 1. The van der Waals surface area contributed by atoms with Crippen molar-refractivity contribution in [1.82, 2.24) is 14.5 Å². The lowest BCUT2D eigenvalue weighted by Gasteiger charge is -2.19. The molecular formula is C32H38ClFN4O6SSi. The van der Waals surface area contributed by atoms with Gasteiger partial charge < -0.3 is 24.1 Å². The highest BCUT2D eigenvalue weighted by molar-refractivity contribution is 7.92. The fraction of sp³-hybridized carbons (Fsp3) is 0.438.